The molecule has 0 amide bonds. The number of aromatic nitrogens is 5. The normalized spacial score (nSPS) is 15.2. The third-order valence-electron chi connectivity index (χ3n) is 5.92. The molecule has 1 saturated heterocycles. The Kier molecular flexibility index (Phi) is 4.51. The summed E-state index contributed by atoms with van der Waals surface area (Å²) in [6, 6.07) is 5.91. The van der Waals surface area contributed by atoms with Crippen LogP contribution in [0.15, 0.2) is 35.5 Å². The molecular weight excluding hydrogens is 380 g/mol. The van der Waals surface area contributed by atoms with Gasteiger partial charge in [0.15, 0.2) is 5.65 Å². The number of fused-ring (bicyclic) bond motifs is 2. The van der Waals surface area contributed by atoms with Crippen molar-refractivity contribution in [2.24, 2.45) is 7.05 Å². The van der Waals surface area contributed by atoms with Gasteiger partial charge in [-0.05, 0) is 51.1 Å². The number of rotatable bonds is 3. The Labute approximate surface area is 173 Å². The van der Waals surface area contributed by atoms with Gasteiger partial charge >= 0.3 is 0 Å². The van der Waals surface area contributed by atoms with E-state index in [2.05, 4.69) is 15.4 Å². The number of nitrogens with zero attached hydrogens (tertiary/aromatic N) is 5. The first-order chi connectivity index (χ1) is 14.6. The molecule has 154 valence electrons. The minimum absolute atomic E-state index is 0.0307. The van der Waals surface area contributed by atoms with Gasteiger partial charge in [0.05, 0.1) is 23.7 Å². The van der Waals surface area contributed by atoms with Gasteiger partial charge in [-0.15, -0.1) is 0 Å². The fourth-order valence-corrected chi connectivity index (χ4v) is 4.40. The van der Waals surface area contributed by atoms with Crippen molar-refractivity contribution in [3.63, 3.8) is 0 Å². The zero-order chi connectivity index (χ0) is 20.8. The molecule has 4 aromatic rings. The third-order valence-corrected chi connectivity index (χ3v) is 5.92. The molecule has 30 heavy (non-hydrogen) atoms. The van der Waals surface area contributed by atoms with Crippen LogP contribution in [0.3, 0.4) is 0 Å². The van der Waals surface area contributed by atoms with E-state index in [0.717, 1.165) is 59.4 Å². The number of pyridine rings is 1. The van der Waals surface area contributed by atoms with Crippen LogP contribution in [-0.4, -0.2) is 44.5 Å². The maximum absolute atomic E-state index is 13.1. The molecule has 3 aromatic heterocycles. The lowest BCUT2D eigenvalue weighted by Gasteiger charge is -2.24. The van der Waals surface area contributed by atoms with Crippen molar-refractivity contribution < 1.29 is 4.74 Å². The summed E-state index contributed by atoms with van der Waals surface area (Å²) in [5, 5.41) is 9.41. The molecule has 1 aromatic carbocycles. The third kappa shape index (κ3) is 2.95. The maximum atomic E-state index is 13.1. The summed E-state index contributed by atoms with van der Waals surface area (Å²) in [6.07, 6.45) is 5.48. The van der Waals surface area contributed by atoms with E-state index in [-0.39, 0.29) is 11.6 Å². The average molecular weight is 404 g/mol. The van der Waals surface area contributed by atoms with Gasteiger partial charge in [-0.25, -0.2) is 9.97 Å². The molecule has 1 N–H and O–H groups in total. The molecule has 8 nitrogen and oxygen atoms in total. The largest absolute Gasteiger partial charge is 0.496 e. The summed E-state index contributed by atoms with van der Waals surface area (Å²) in [6.45, 7) is 3.83. The van der Waals surface area contributed by atoms with Crippen molar-refractivity contribution in [1.29, 1.82) is 0 Å². The van der Waals surface area contributed by atoms with Gasteiger partial charge in [0.25, 0.3) is 5.56 Å². The van der Waals surface area contributed by atoms with Crippen molar-refractivity contribution in [2.75, 3.05) is 20.2 Å². The molecule has 0 atom stereocenters. The number of methoxy groups -OCH3 is 1. The molecule has 1 aliphatic heterocycles. The molecule has 0 spiro atoms. The van der Waals surface area contributed by atoms with Crippen LogP contribution >= 0.6 is 0 Å². The Hall–Kier alpha value is -3.26. The Bertz CT molecular complexity index is 1320. The van der Waals surface area contributed by atoms with E-state index >= 15 is 0 Å². The van der Waals surface area contributed by atoms with Crippen molar-refractivity contribution in [2.45, 2.75) is 25.8 Å². The molecule has 0 bridgehead atoms. The SMILES string of the molecule is COc1c(-c2ccc3c(=O)n(C4CCNCC4)cnc3n2)cc2cn(C)nc2c1C. The van der Waals surface area contributed by atoms with Gasteiger partial charge in [0, 0.05) is 35.8 Å². The molecule has 8 heteroatoms. The summed E-state index contributed by atoms with van der Waals surface area (Å²) < 4.78 is 9.25. The molecule has 1 fully saturated rings. The van der Waals surface area contributed by atoms with Crippen molar-refractivity contribution in [1.82, 2.24) is 29.6 Å². The molecule has 1 aliphatic rings. The van der Waals surface area contributed by atoms with Crippen LogP contribution in [0.5, 0.6) is 5.75 Å². The van der Waals surface area contributed by atoms with Crippen LogP contribution in [0.25, 0.3) is 33.2 Å². The second-order valence-corrected chi connectivity index (χ2v) is 7.83. The maximum Gasteiger partial charge on any atom is 0.263 e. The highest BCUT2D eigenvalue weighted by Gasteiger charge is 2.19. The predicted molar refractivity (Wildman–Crippen MR) is 116 cm³/mol. The van der Waals surface area contributed by atoms with Gasteiger partial charge in [-0.1, -0.05) is 0 Å². The number of benzene rings is 1. The topological polar surface area (TPSA) is 86.9 Å². The number of ether oxygens (including phenoxy) is 1. The van der Waals surface area contributed by atoms with Gasteiger partial charge in [0.1, 0.15) is 12.1 Å². The lowest BCUT2D eigenvalue weighted by atomic mass is 10.0. The highest BCUT2D eigenvalue weighted by Crippen LogP contribution is 2.37. The fourth-order valence-electron chi connectivity index (χ4n) is 4.40. The standard InChI is InChI=1S/C22H24N6O2/c1-13-19-14(11-27(2)26-19)10-17(20(13)30-3)18-5-4-16-21(25-18)24-12-28(22(16)29)15-6-8-23-9-7-15/h4-5,10-12,15,23H,6-9H2,1-3H3. The number of hydrogen-bond acceptors (Lipinski definition) is 6. The van der Waals surface area contributed by atoms with Crippen molar-refractivity contribution >= 4 is 21.9 Å². The van der Waals surface area contributed by atoms with Crippen LogP contribution in [0, 0.1) is 6.92 Å². The van der Waals surface area contributed by atoms with Gasteiger partial charge in [0.2, 0.25) is 0 Å². The lowest BCUT2D eigenvalue weighted by molar-refractivity contribution is 0.359. The number of hydrogen-bond donors (Lipinski definition) is 1. The van der Waals surface area contributed by atoms with E-state index in [4.69, 9.17) is 9.72 Å². The summed E-state index contributed by atoms with van der Waals surface area (Å²) in [4.78, 5) is 22.3. The van der Waals surface area contributed by atoms with E-state index in [1.165, 1.54) is 0 Å². The molecule has 0 saturated carbocycles. The van der Waals surface area contributed by atoms with Gasteiger partial charge in [-0.2, -0.15) is 5.10 Å². The summed E-state index contributed by atoms with van der Waals surface area (Å²) in [5.41, 5.74) is 3.87. The van der Waals surface area contributed by atoms with E-state index in [1.54, 1.807) is 22.7 Å². The predicted octanol–water partition coefficient (Wildman–Crippen LogP) is 2.59. The quantitative estimate of drug-likeness (QED) is 0.565. The second kappa shape index (κ2) is 7.21. The molecule has 0 aliphatic carbocycles. The highest BCUT2D eigenvalue weighted by atomic mass is 16.5. The summed E-state index contributed by atoms with van der Waals surface area (Å²) in [7, 11) is 3.55. The number of aryl methyl sites for hydroxylation is 2. The first-order valence-electron chi connectivity index (χ1n) is 10.2. The average Bonchev–Trinajstić information content (AvgIpc) is 3.15. The Balaban J connectivity index is 1.64. The van der Waals surface area contributed by atoms with Crippen molar-refractivity contribution in [3.05, 3.63) is 46.6 Å². The van der Waals surface area contributed by atoms with Gasteiger partial charge < -0.3 is 10.1 Å². The van der Waals surface area contributed by atoms with E-state index in [1.807, 2.05) is 38.4 Å². The minimum atomic E-state index is -0.0307. The summed E-state index contributed by atoms with van der Waals surface area (Å²) in [5.74, 6) is 0.732. The van der Waals surface area contributed by atoms with Crippen LogP contribution in [0.2, 0.25) is 0 Å². The monoisotopic (exact) mass is 404 g/mol. The lowest BCUT2D eigenvalue weighted by Crippen LogP contribution is -2.34. The van der Waals surface area contributed by atoms with Crippen LogP contribution < -0.4 is 15.6 Å². The molecule has 5 rings (SSSR count). The fraction of sp³-hybridized carbons (Fsp3) is 0.364. The van der Waals surface area contributed by atoms with Gasteiger partial charge in [-0.3, -0.25) is 14.0 Å². The second-order valence-electron chi connectivity index (χ2n) is 7.83. The van der Waals surface area contributed by atoms with E-state index in [0.29, 0.717) is 11.0 Å². The zero-order valence-electron chi connectivity index (χ0n) is 17.3. The number of nitrogens with one attached hydrogen (secondary N) is 1. The summed E-state index contributed by atoms with van der Waals surface area (Å²) >= 11 is 0. The Morgan fingerprint density at radius 3 is 2.80 bits per heavy atom. The van der Waals surface area contributed by atoms with Crippen LogP contribution in [-0.2, 0) is 7.05 Å². The molecule has 4 heterocycles. The van der Waals surface area contributed by atoms with E-state index in [9.17, 15) is 4.79 Å². The van der Waals surface area contributed by atoms with Crippen molar-refractivity contribution in [3.8, 4) is 17.0 Å². The Morgan fingerprint density at radius 1 is 1.23 bits per heavy atom. The zero-order valence-corrected chi connectivity index (χ0v) is 17.3. The first kappa shape index (κ1) is 18.7. The molecule has 0 radical (unpaired) electrons. The highest BCUT2D eigenvalue weighted by molar-refractivity contribution is 5.91. The number of piperidine rings is 1. The first-order valence-corrected chi connectivity index (χ1v) is 10.2. The smallest absolute Gasteiger partial charge is 0.263 e. The minimum Gasteiger partial charge on any atom is -0.496 e. The van der Waals surface area contributed by atoms with Crippen LogP contribution in [0.4, 0.5) is 0 Å². The molecular formula is C22H24N6O2. The van der Waals surface area contributed by atoms with E-state index < -0.39 is 0 Å². The molecule has 0 unspecified atom stereocenters. The van der Waals surface area contributed by atoms with Crippen LogP contribution in [0.1, 0.15) is 24.4 Å². The Morgan fingerprint density at radius 2 is 2.03 bits per heavy atom.